The van der Waals surface area contributed by atoms with Gasteiger partial charge in [-0.3, -0.25) is 0 Å². The number of rotatable bonds is 4. The first-order valence-corrected chi connectivity index (χ1v) is 9.50. The van der Waals surface area contributed by atoms with Crippen LogP contribution in [0.3, 0.4) is 0 Å². The van der Waals surface area contributed by atoms with Gasteiger partial charge >= 0.3 is 12.1 Å². The molecule has 0 atom stereocenters. The zero-order valence-electron chi connectivity index (χ0n) is 15.8. The number of esters is 1. The van der Waals surface area contributed by atoms with Crippen molar-refractivity contribution in [2.24, 2.45) is 0 Å². The summed E-state index contributed by atoms with van der Waals surface area (Å²) in [7, 11) is 0. The Labute approximate surface area is 180 Å². The molecule has 0 radical (unpaired) electrons. The molecule has 156 valence electrons. The van der Waals surface area contributed by atoms with Crippen molar-refractivity contribution in [3.8, 4) is 22.8 Å². The molecule has 8 heteroatoms. The largest absolute Gasteiger partial charge is 0.416 e. The maximum atomic E-state index is 13.0. The lowest BCUT2D eigenvalue weighted by Crippen LogP contribution is -2.13. The molecule has 0 spiro atoms. The Morgan fingerprint density at radius 3 is 2.32 bits per heavy atom. The summed E-state index contributed by atoms with van der Waals surface area (Å²) in [5.74, 6) is -0.923. The van der Waals surface area contributed by atoms with Crippen LogP contribution in [0.2, 0.25) is 5.02 Å². The van der Waals surface area contributed by atoms with E-state index in [4.69, 9.17) is 16.3 Å². The van der Waals surface area contributed by atoms with Gasteiger partial charge in [-0.25, -0.2) is 4.79 Å². The highest BCUT2D eigenvalue weighted by Crippen LogP contribution is 2.32. The number of para-hydroxylation sites is 1. The summed E-state index contributed by atoms with van der Waals surface area (Å²) in [6, 6.07) is 21.6. The van der Waals surface area contributed by atoms with Gasteiger partial charge in [0.1, 0.15) is 0 Å². The second-order valence-corrected chi connectivity index (χ2v) is 6.97. The number of aromatic nitrogens is 2. The predicted molar refractivity (Wildman–Crippen MR) is 110 cm³/mol. The molecular formula is C23H14ClF3N2O2. The van der Waals surface area contributed by atoms with Gasteiger partial charge in [0.15, 0.2) is 0 Å². The Morgan fingerprint density at radius 1 is 0.903 bits per heavy atom. The minimum absolute atomic E-state index is 0.0226. The van der Waals surface area contributed by atoms with Crippen LogP contribution < -0.4 is 4.74 Å². The summed E-state index contributed by atoms with van der Waals surface area (Å²) < 4.78 is 45.8. The Kier molecular flexibility index (Phi) is 5.52. The van der Waals surface area contributed by atoms with Gasteiger partial charge in [-0.15, -0.1) is 0 Å². The van der Waals surface area contributed by atoms with Crippen LogP contribution in [0.5, 0.6) is 5.88 Å². The van der Waals surface area contributed by atoms with Crippen molar-refractivity contribution in [1.29, 1.82) is 0 Å². The molecule has 3 aromatic carbocycles. The first-order valence-electron chi connectivity index (χ1n) is 9.13. The van der Waals surface area contributed by atoms with Crippen LogP contribution in [0, 0.1) is 0 Å². The van der Waals surface area contributed by atoms with Crippen LogP contribution >= 0.6 is 11.6 Å². The number of ether oxygens (including phenoxy) is 1. The van der Waals surface area contributed by atoms with Gasteiger partial charge in [-0.05, 0) is 30.3 Å². The summed E-state index contributed by atoms with van der Waals surface area (Å²) >= 11 is 6.28. The molecule has 1 aromatic heterocycles. The van der Waals surface area contributed by atoms with E-state index in [1.165, 1.54) is 16.8 Å². The topological polar surface area (TPSA) is 44.1 Å². The predicted octanol–water partition coefficient (Wildman–Crippen LogP) is 6.43. The zero-order chi connectivity index (χ0) is 22.0. The number of carbonyl (C=O) groups excluding carboxylic acids is 1. The minimum atomic E-state index is -4.57. The number of alkyl halides is 3. The average Bonchev–Trinajstić information content (AvgIpc) is 3.17. The van der Waals surface area contributed by atoms with E-state index in [0.717, 1.165) is 23.8 Å². The molecule has 0 unspecified atom stereocenters. The molecule has 4 nitrogen and oxygen atoms in total. The first-order chi connectivity index (χ1) is 14.8. The molecule has 4 aromatic rings. The Morgan fingerprint density at radius 2 is 1.61 bits per heavy atom. The van der Waals surface area contributed by atoms with E-state index in [2.05, 4.69) is 5.10 Å². The number of carbonyl (C=O) groups is 1. The monoisotopic (exact) mass is 442 g/mol. The summed E-state index contributed by atoms with van der Waals surface area (Å²) in [6.07, 6.45) is -4.57. The molecule has 0 N–H and O–H groups in total. The summed E-state index contributed by atoms with van der Waals surface area (Å²) in [6.45, 7) is 0. The van der Waals surface area contributed by atoms with E-state index in [1.807, 2.05) is 30.3 Å². The smallest absolute Gasteiger partial charge is 0.404 e. The Balaban J connectivity index is 1.75. The van der Waals surface area contributed by atoms with Gasteiger partial charge in [0.05, 0.1) is 27.5 Å². The van der Waals surface area contributed by atoms with Crippen molar-refractivity contribution in [2.75, 3.05) is 0 Å². The number of hydrogen-bond donors (Lipinski definition) is 0. The standard InChI is InChI=1S/C23H14ClF3N2O2/c24-18-11-4-5-12-20(18)29-21(14-19(28-29)15-7-2-1-3-8-15)31-22(30)16-9-6-10-17(13-16)23(25,26)27/h1-14H. The van der Waals surface area contributed by atoms with Crippen molar-refractivity contribution in [1.82, 2.24) is 9.78 Å². The fourth-order valence-electron chi connectivity index (χ4n) is 2.96. The lowest BCUT2D eigenvalue weighted by molar-refractivity contribution is -0.137. The van der Waals surface area contributed by atoms with Gasteiger partial charge in [0, 0.05) is 11.6 Å². The second kappa shape index (κ2) is 8.28. The van der Waals surface area contributed by atoms with E-state index >= 15 is 0 Å². The third kappa shape index (κ3) is 4.46. The fraction of sp³-hybridized carbons (Fsp3) is 0.0435. The lowest BCUT2D eigenvalue weighted by Gasteiger charge is -2.10. The zero-order valence-corrected chi connectivity index (χ0v) is 16.6. The molecule has 0 aliphatic heterocycles. The number of halogens is 4. The van der Waals surface area contributed by atoms with Crippen LogP contribution in [0.15, 0.2) is 84.9 Å². The number of benzene rings is 3. The van der Waals surface area contributed by atoms with E-state index < -0.39 is 17.7 Å². The number of hydrogen-bond acceptors (Lipinski definition) is 3. The van der Waals surface area contributed by atoms with E-state index in [0.29, 0.717) is 16.4 Å². The fourth-order valence-corrected chi connectivity index (χ4v) is 3.17. The van der Waals surface area contributed by atoms with Crippen LogP contribution in [-0.2, 0) is 6.18 Å². The van der Waals surface area contributed by atoms with Crippen molar-refractivity contribution in [2.45, 2.75) is 6.18 Å². The van der Waals surface area contributed by atoms with E-state index in [9.17, 15) is 18.0 Å². The van der Waals surface area contributed by atoms with Crippen molar-refractivity contribution in [3.05, 3.63) is 101 Å². The quantitative estimate of drug-likeness (QED) is 0.342. The molecule has 0 bridgehead atoms. The molecule has 4 rings (SSSR count). The van der Waals surface area contributed by atoms with Gasteiger partial charge in [0.25, 0.3) is 0 Å². The molecule has 0 saturated heterocycles. The van der Waals surface area contributed by atoms with Crippen LogP contribution in [0.25, 0.3) is 16.9 Å². The van der Waals surface area contributed by atoms with Gasteiger partial charge < -0.3 is 4.74 Å². The van der Waals surface area contributed by atoms with Crippen molar-refractivity contribution >= 4 is 17.6 Å². The van der Waals surface area contributed by atoms with Crippen molar-refractivity contribution in [3.63, 3.8) is 0 Å². The van der Waals surface area contributed by atoms with Gasteiger partial charge in [-0.1, -0.05) is 60.1 Å². The van der Waals surface area contributed by atoms with Crippen LogP contribution in [0.1, 0.15) is 15.9 Å². The average molecular weight is 443 g/mol. The van der Waals surface area contributed by atoms with E-state index in [1.54, 1.807) is 24.3 Å². The summed E-state index contributed by atoms with van der Waals surface area (Å²) in [5, 5.41) is 4.85. The van der Waals surface area contributed by atoms with Crippen LogP contribution in [-0.4, -0.2) is 15.7 Å². The highest BCUT2D eigenvalue weighted by Gasteiger charge is 2.31. The lowest BCUT2D eigenvalue weighted by atomic mass is 10.1. The molecule has 0 aliphatic rings. The maximum Gasteiger partial charge on any atom is 0.416 e. The van der Waals surface area contributed by atoms with Crippen LogP contribution in [0.4, 0.5) is 13.2 Å². The first kappa shape index (κ1) is 20.7. The summed E-state index contributed by atoms with van der Waals surface area (Å²) in [4.78, 5) is 12.6. The molecule has 31 heavy (non-hydrogen) atoms. The Bertz CT molecular complexity index is 1240. The molecule has 1 heterocycles. The molecule has 0 saturated carbocycles. The SMILES string of the molecule is O=C(Oc1cc(-c2ccccc2)nn1-c1ccccc1Cl)c1cccc(C(F)(F)F)c1. The number of nitrogens with zero attached hydrogens (tertiary/aromatic N) is 2. The second-order valence-electron chi connectivity index (χ2n) is 6.57. The Hall–Kier alpha value is -3.58. The third-order valence-electron chi connectivity index (χ3n) is 4.45. The summed E-state index contributed by atoms with van der Waals surface area (Å²) in [5.41, 5.74) is 0.560. The molecular weight excluding hydrogens is 429 g/mol. The highest BCUT2D eigenvalue weighted by atomic mass is 35.5. The molecule has 0 amide bonds. The van der Waals surface area contributed by atoms with E-state index in [-0.39, 0.29) is 11.4 Å². The maximum absolute atomic E-state index is 13.0. The van der Waals surface area contributed by atoms with Gasteiger partial charge in [0.2, 0.25) is 5.88 Å². The third-order valence-corrected chi connectivity index (χ3v) is 4.77. The highest BCUT2D eigenvalue weighted by molar-refractivity contribution is 6.32. The van der Waals surface area contributed by atoms with Crippen molar-refractivity contribution < 1.29 is 22.7 Å². The normalized spacial score (nSPS) is 11.4. The molecule has 0 aliphatic carbocycles. The molecule has 0 fully saturated rings. The van der Waals surface area contributed by atoms with Gasteiger partial charge in [-0.2, -0.15) is 23.0 Å². The minimum Gasteiger partial charge on any atom is -0.404 e.